The fourth-order valence-electron chi connectivity index (χ4n) is 1.54. The van der Waals surface area contributed by atoms with Crippen LogP contribution in [0.1, 0.15) is 12.5 Å². The Bertz CT molecular complexity index is 420. The van der Waals surface area contributed by atoms with Crippen LogP contribution >= 0.6 is 11.8 Å². The molecule has 0 spiro atoms. The molecule has 1 unspecified atom stereocenters. The third kappa shape index (κ3) is 2.68. The second-order valence-corrected chi connectivity index (χ2v) is 5.25. The fraction of sp³-hybridized carbons (Fsp3) is 0.400. The summed E-state index contributed by atoms with van der Waals surface area (Å²) in [5, 5.41) is 0. The van der Waals surface area contributed by atoms with E-state index in [-0.39, 0.29) is 5.75 Å². The maximum Gasteiger partial charge on any atom is 0.457 e. The van der Waals surface area contributed by atoms with E-state index in [0.717, 1.165) is 5.56 Å². The predicted molar refractivity (Wildman–Crippen MR) is 59.9 cm³/mol. The normalized spacial score (nSPS) is 21.0. The summed E-state index contributed by atoms with van der Waals surface area (Å²) in [5.74, 6) is 0.191. The Hall–Kier alpha value is -0.745. The Morgan fingerprint density at radius 3 is 2.88 bits per heavy atom. The highest BCUT2D eigenvalue weighted by Crippen LogP contribution is 2.49. The number of benzene rings is 1. The molecule has 2 radical (unpaired) electrons. The standard InChI is InChI=1S/C10H10BF2NOS/c1-9(11,14)5-6-2-3-8-7(4-6)15-10(12,13)16-8/h2-4H,5,14H2,1H3. The first-order valence-electron chi connectivity index (χ1n) is 4.72. The second kappa shape index (κ2) is 3.63. The highest BCUT2D eigenvalue weighted by molar-refractivity contribution is 8.00. The molecule has 1 aromatic carbocycles. The molecule has 2 N–H and O–H groups in total. The van der Waals surface area contributed by atoms with Crippen LogP contribution in [-0.4, -0.2) is 18.7 Å². The van der Waals surface area contributed by atoms with Crippen molar-refractivity contribution in [3.8, 4) is 5.75 Å². The smallest absolute Gasteiger partial charge is 0.423 e. The van der Waals surface area contributed by atoms with Gasteiger partial charge in [0.05, 0.1) is 12.7 Å². The first-order chi connectivity index (χ1) is 7.25. The Labute approximate surface area is 97.9 Å². The molecule has 1 aliphatic rings. The highest BCUT2D eigenvalue weighted by atomic mass is 32.2. The summed E-state index contributed by atoms with van der Waals surface area (Å²) < 4.78 is 30.3. The van der Waals surface area contributed by atoms with E-state index in [1.807, 2.05) is 0 Å². The van der Waals surface area contributed by atoms with Gasteiger partial charge in [0.2, 0.25) is 0 Å². The van der Waals surface area contributed by atoms with Gasteiger partial charge in [0.15, 0.2) is 0 Å². The quantitative estimate of drug-likeness (QED) is 0.805. The minimum atomic E-state index is -3.17. The number of fused-ring (bicyclic) bond motifs is 1. The van der Waals surface area contributed by atoms with E-state index in [1.54, 1.807) is 25.1 Å². The van der Waals surface area contributed by atoms with E-state index in [2.05, 4.69) is 4.74 Å². The SMILES string of the molecule is [B]C(C)(N)Cc1ccc2c(c1)OC(F)(F)S2. The van der Waals surface area contributed by atoms with Crippen molar-refractivity contribution >= 4 is 19.6 Å². The maximum atomic E-state index is 12.9. The van der Waals surface area contributed by atoms with Gasteiger partial charge in [0.25, 0.3) is 0 Å². The van der Waals surface area contributed by atoms with Crippen LogP contribution in [-0.2, 0) is 6.42 Å². The fourth-order valence-corrected chi connectivity index (χ4v) is 2.27. The Morgan fingerprint density at radius 2 is 2.25 bits per heavy atom. The molecule has 84 valence electrons. The molecule has 0 aliphatic carbocycles. The van der Waals surface area contributed by atoms with Crippen molar-refractivity contribution in [3.05, 3.63) is 23.8 Å². The largest absolute Gasteiger partial charge is 0.457 e. The summed E-state index contributed by atoms with van der Waals surface area (Å²) in [6.45, 7) is 1.67. The summed E-state index contributed by atoms with van der Waals surface area (Å²) in [6.07, 6.45) is 0.403. The average molecular weight is 241 g/mol. The number of nitrogens with two attached hydrogens (primary N) is 1. The van der Waals surface area contributed by atoms with E-state index in [1.165, 1.54) is 0 Å². The molecule has 0 aromatic heterocycles. The van der Waals surface area contributed by atoms with Crippen molar-refractivity contribution in [3.63, 3.8) is 0 Å². The van der Waals surface area contributed by atoms with Crippen LogP contribution in [0.15, 0.2) is 23.1 Å². The molecule has 0 saturated carbocycles. The zero-order chi connectivity index (χ0) is 12.0. The van der Waals surface area contributed by atoms with Crippen LogP contribution in [0, 0.1) is 0 Å². The van der Waals surface area contributed by atoms with E-state index in [9.17, 15) is 8.78 Å². The van der Waals surface area contributed by atoms with Gasteiger partial charge in [-0.15, -0.1) is 0 Å². The molecule has 1 atom stereocenters. The molecule has 2 nitrogen and oxygen atoms in total. The molecule has 0 amide bonds. The molecule has 2 rings (SSSR count). The first-order valence-corrected chi connectivity index (χ1v) is 5.53. The predicted octanol–water partition coefficient (Wildman–Crippen LogP) is 2.11. The van der Waals surface area contributed by atoms with E-state index in [4.69, 9.17) is 13.6 Å². The van der Waals surface area contributed by atoms with E-state index in [0.29, 0.717) is 23.1 Å². The summed E-state index contributed by atoms with van der Waals surface area (Å²) in [6, 6.07) is 4.89. The third-order valence-corrected chi connectivity index (χ3v) is 2.93. The first kappa shape index (κ1) is 11.7. The van der Waals surface area contributed by atoms with Crippen LogP contribution < -0.4 is 10.5 Å². The van der Waals surface area contributed by atoms with E-state index >= 15 is 0 Å². The van der Waals surface area contributed by atoms with Crippen molar-refractivity contribution in [2.45, 2.75) is 29.1 Å². The zero-order valence-electron chi connectivity index (χ0n) is 8.67. The molecular formula is C10H10BF2NOS. The number of thioether (sulfide) groups is 1. The van der Waals surface area contributed by atoms with E-state index < -0.39 is 10.9 Å². The van der Waals surface area contributed by atoms with Crippen LogP contribution in [0.4, 0.5) is 8.78 Å². The summed E-state index contributed by atoms with van der Waals surface area (Å²) in [5.41, 5.74) is 2.40. The van der Waals surface area contributed by atoms with Crippen LogP contribution in [0.2, 0.25) is 0 Å². The lowest BCUT2D eigenvalue weighted by atomic mass is 9.76. The second-order valence-electron chi connectivity index (χ2n) is 4.13. The number of rotatable bonds is 2. The molecule has 6 heteroatoms. The lowest BCUT2D eigenvalue weighted by Gasteiger charge is -2.19. The maximum absolute atomic E-state index is 12.9. The van der Waals surface area contributed by atoms with Gasteiger partial charge in [-0.3, -0.25) is 0 Å². The topological polar surface area (TPSA) is 35.2 Å². The van der Waals surface area contributed by atoms with Gasteiger partial charge in [0, 0.05) is 0 Å². The minimum absolute atomic E-state index is 0.191. The number of hydrogen-bond donors (Lipinski definition) is 1. The molecule has 0 saturated heterocycles. The molecule has 1 aliphatic heterocycles. The van der Waals surface area contributed by atoms with Crippen molar-refractivity contribution in [1.29, 1.82) is 0 Å². The summed E-state index contributed by atoms with van der Waals surface area (Å²) in [7, 11) is 5.65. The van der Waals surface area contributed by atoms with Crippen molar-refractivity contribution in [2.75, 3.05) is 0 Å². The molecule has 1 heterocycles. The lowest BCUT2D eigenvalue weighted by molar-refractivity contribution is -0.0822. The zero-order valence-corrected chi connectivity index (χ0v) is 9.48. The Kier molecular flexibility index (Phi) is 2.66. The van der Waals surface area contributed by atoms with Gasteiger partial charge < -0.3 is 10.5 Å². The summed E-state index contributed by atoms with van der Waals surface area (Å²) >= 11 is 0.402. The Morgan fingerprint density at radius 1 is 1.56 bits per heavy atom. The number of hydrogen-bond acceptors (Lipinski definition) is 3. The third-order valence-electron chi connectivity index (χ3n) is 2.05. The molecular weight excluding hydrogens is 231 g/mol. The highest BCUT2D eigenvalue weighted by Gasteiger charge is 2.41. The van der Waals surface area contributed by atoms with Crippen molar-refractivity contribution < 1.29 is 13.5 Å². The number of ether oxygens (including phenoxy) is 1. The van der Waals surface area contributed by atoms with Gasteiger partial charge in [0.1, 0.15) is 5.75 Å². The number of alkyl halides is 2. The Balaban J connectivity index is 2.23. The summed E-state index contributed by atoms with van der Waals surface area (Å²) in [4.78, 5) is 0.435. The lowest BCUT2D eigenvalue weighted by Crippen LogP contribution is -2.38. The van der Waals surface area contributed by atoms with Crippen molar-refractivity contribution in [1.82, 2.24) is 0 Å². The van der Waals surface area contributed by atoms with Crippen molar-refractivity contribution in [2.24, 2.45) is 5.73 Å². The molecule has 0 bridgehead atoms. The average Bonchev–Trinajstić information content (AvgIpc) is 2.34. The van der Waals surface area contributed by atoms with Gasteiger partial charge in [-0.2, -0.15) is 8.78 Å². The van der Waals surface area contributed by atoms with Gasteiger partial charge in [-0.05, 0) is 41.3 Å². The van der Waals surface area contributed by atoms with Gasteiger partial charge in [-0.1, -0.05) is 13.0 Å². The molecule has 0 fully saturated rings. The van der Waals surface area contributed by atoms with Crippen LogP contribution in [0.3, 0.4) is 0 Å². The monoisotopic (exact) mass is 241 g/mol. The van der Waals surface area contributed by atoms with Crippen LogP contribution in [0.25, 0.3) is 0 Å². The van der Waals surface area contributed by atoms with Gasteiger partial charge in [-0.25, -0.2) is 0 Å². The minimum Gasteiger partial charge on any atom is -0.423 e. The van der Waals surface area contributed by atoms with Gasteiger partial charge >= 0.3 is 5.44 Å². The van der Waals surface area contributed by atoms with Crippen LogP contribution in [0.5, 0.6) is 5.75 Å². The number of halogens is 2. The molecule has 1 aromatic rings. The molecule has 16 heavy (non-hydrogen) atoms.